The summed E-state index contributed by atoms with van der Waals surface area (Å²) >= 11 is 0. The number of rotatable bonds is 7. The van der Waals surface area contributed by atoms with Gasteiger partial charge in [0, 0.05) is 13.0 Å². The van der Waals surface area contributed by atoms with Crippen LogP contribution in [0.15, 0.2) is 53.6 Å². The number of hydrogen-bond acceptors (Lipinski definition) is 4. The second-order valence-corrected chi connectivity index (χ2v) is 6.70. The zero-order valence-corrected chi connectivity index (χ0v) is 16.1. The van der Waals surface area contributed by atoms with Crippen LogP contribution < -0.4 is 15.6 Å². The minimum atomic E-state index is -2.88. The van der Waals surface area contributed by atoms with Crippen LogP contribution in [0.4, 0.5) is 8.78 Å². The number of para-hydroxylation sites is 1. The fraction of sp³-hybridized carbons (Fsp3) is 0.286. The number of fused-ring (bicyclic) bond motifs is 1. The smallest absolute Gasteiger partial charge is 0.387 e. The fourth-order valence-electron chi connectivity index (χ4n) is 3.05. The van der Waals surface area contributed by atoms with Crippen LogP contribution in [-0.2, 0) is 11.3 Å². The van der Waals surface area contributed by atoms with Crippen molar-refractivity contribution in [3.05, 3.63) is 70.3 Å². The normalized spacial score (nSPS) is 12.2. The third-order valence-corrected chi connectivity index (χ3v) is 4.62. The molecule has 0 aliphatic heterocycles. The molecule has 152 valence electrons. The van der Waals surface area contributed by atoms with E-state index in [4.69, 9.17) is 0 Å². The Labute approximate surface area is 166 Å². The Morgan fingerprint density at radius 3 is 2.62 bits per heavy atom. The second kappa shape index (κ2) is 8.81. The number of aryl methyl sites for hydroxylation is 2. The first-order chi connectivity index (χ1) is 13.8. The first kappa shape index (κ1) is 20.4. The Kier molecular flexibility index (Phi) is 6.21. The number of hydrogen-bond donors (Lipinski definition) is 1. The molecule has 1 amide bonds. The molecule has 29 heavy (non-hydrogen) atoms. The van der Waals surface area contributed by atoms with Crippen LogP contribution >= 0.6 is 0 Å². The van der Waals surface area contributed by atoms with Crippen LogP contribution in [0, 0.1) is 6.92 Å². The van der Waals surface area contributed by atoms with E-state index in [0.717, 1.165) is 11.1 Å². The van der Waals surface area contributed by atoms with Crippen molar-refractivity contribution >= 4 is 16.8 Å². The molecule has 6 nitrogen and oxygen atoms in total. The molecule has 1 N–H and O–H groups in total. The molecule has 0 aliphatic carbocycles. The van der Waals surface area contributed by atoms with E-state index in [1.165, 1.54) is 23.0 Å². The lowest BCUT2D eigenvalue weighted by atomic mass is 10.1. The highest BCUT2D eigenvalue weighted by Gasteiger charge is 2.12. The van der Waals surface area contributed by atoms with Crippen molar-refractivity contribution in [2.24, 2.45) is 0 Å². The quantitative estimate of drug-likeness (QED) is 0.657. The van der Waals surface area contributed by atoms with Crippen LogP contribution in [-0.4, -0.2) is 22.1 Å². The number of nitrogens with one attached hydrogen (secondary N) is 1. The van der Waals surface area contributed by atoms with E-state index in [2.05, 4.69) is 15.0 Å². The molecular weight excluding hydrogens is 380 g/mol. The van der Waals surface area contributed by atoms with Crippen molar-refractivity contribution < 1.29 is 18.3 Å². The Hall–Kier alpha value is -3.29. The summed E-state index contributed by atoms with van der Waals surface area (Å²) in [7, 11) is 0. The zero-order chi connectivity index (χ0) is 21.0. The third kappa shape index (κ3) is 4.96. The summed E-state index contributed by atoms with van der Waals surface area (Å²) in [6.45, 7) is 0.998. The van der Waals surface area contributed by atoms with Crippen molar-refractivity contribution in [3.63, 3.8) is 0 Å². The molecule has 1 heterocycles. The van der Waals surface area contributed by atoms with E-state index >= 15 is 0 Å². The van der Waals surface area contributed by atoms with Crippen LogP contribution in [0.25, 0.3) is 10.9 Å². The molecule has 0 fully saturated rings. The van der Waals surface area contributed by atoms with Gasteiger partial charge in [-0.15, -0.1) is 0 Å². The predicted octanol–water partition coefficient (Wildman–Crippen LogP) is 3.57. The Morgan fingerprint density at radius 2 is 1.93 bits per heavy atom. The lowest BCUT2D eigenvalue weighted by molar-refractivity contribution is -0.122. The molecule has 3 aromatic rings. The number of nitrogens with zero attached hydrogens (tertiary/aromatic N) is 2. The van der Waals surface area contributed by atoms with Crippen LogP contribution in [0.1, 0.15) is 30.5 Å². The van der Waals surface area contributed by atoms with Crippen molar-refractivity contribution in [2.45, 2.75) is 39.5 Å². The number of benzene rings is 2. The van der Waals surface area contributed by atoms with Gasteiger partial charge in [0.1, 0.15) is 5.75 Å². The number of carbonyl (C=O) groups is 1. The molecule has 1 atom stereocenters. The summed E-state index contributed by atoms with van der Waals surface area (Å²) < 4.78 is 30.1. The van der Waals surface area contributed by atoms with Gasteiger partial charge in [-0.25, -0.2) is 4.98 Å². The number of carbonyl (C=O) groups excluding carboxylic acids is 1. The van der Waals surface area contributed by atoms with Gasteiger partial charge in [0.05, 0.1) is 23.3 Å². The van der Waals surface area contributed by atoms with Gasteiger partial charge in [-0.2, -0.15) is 8.78 Å². The Balaban J connectivity index is 1.60. The van der Waals surface area contributed by atoms with Crippen LogP contribution in [0.5, 0.6) is 5.75 Å². The summed E-state index contributed by atoms with van der Waals surface area (Å²) in [5.41, 5.74) is 2.14. The van der Waals surface area contributed by atoms with Crippen molar-refractivity contribution in [3.8, 4) is 5.75 Å². The molecule has 1 unspecified atom stereocenters. The van der Waals surface area contributed by atoms with Gasteiger partial charge in [0.15, 0.2) is 0 Å². The Bertz CT molecular complexity index is 1060. The average Bonchev–Trinajstić information content (AvgIpc) is 2.68. The average molecular weight is 401 g/mol. The molecule has 0 aliphatic rings. The lowest BCUT2D eigenvalue weighted by Crippen LogP contribution is -2.29. The molecule has 0 bridgehead atoms. The minimum absolute atomic E-state index is 0.0562. The van der Waals surface area contributed by atoms with Crippen molar-refractivity contribution in [1.82, 2.24) is 14.9 Å². The van der Waals surface area contributed by atoms with Gasteiger partial charge >= 0.3 is 6.61 Å². The predicted molar refractivity (Wildman–Crippen MR) is 105 cm³/mol. The van der Waals surface area contributed by atoms with Gasteiger partial charge in [-0.3, -0.25) is 14.2 Å². The van der Waals surface area contributed by atoms with Crippen molar-refractivity contribution in [2.75, 3.05) is 0 Å². The van der Waals surface area contributed by atoms with E-state index in [9.17, 15) is 18.4 Å². The highest BCUT2D eigenvalue weighted by Crippen LogP contribution is 2.19. The van der Waals surface area contributed by atoms with E-state index < -0.39 is 6.61 Å². The standard InChI is InChI=1S/C21H21F2N3O3/c1-13-4-3-5-17-19(13)24-12-26(20(17)28)11-10-18(27)25-14(2)15-6-8-16(9-7-15)29-21(22)23/h3-9,12,14,21H,10-11H2,1-2H3,(H,25,27). The minimum Gasteiger partial charge on any atom is -0.435 e. The van der Waals surface area contributed by atoms with Gasteiger partial charge in [0.2, 0.25) is 5.91 Å². The maximum absolute atomic E-state index is 12.6. The largest absolute Gasteiger partial charge is 0.435 e. The Morgan fingerprint density at radius 1 is 1.21 bits per heavy atom. The molecule has 1 aromatic heterocycles. The lowest BCUT2D eigenvalue weighted by Gasteiger charge is -2.15. The van der Waals surface area contributed by atoms with Gasteiger partial charge in [0.25, 0.3) is 5.56 Å². The number of halogens is 2. The maximum atomic E-state index is 12.6. The van der Waals surface area contributed by atoms with Gasteiger partial charge in [-0.05, 0) is 43.2 Å². The fourth-order valence-corrected chi connectivity index (χ4v) is 3.05. The monoisotopic (exact) mass is 401 g/mol. The molecule has 0 saturated carbocycles. The third-order valence-electron chi connectivity index (χ3n) is 4.62. The van der Waals surface area contributed by atoms with Crippen molar-refractivity contribution in [1.29, 1.82) is 0 Å². The first-order valence-corrected chi connectivity index (χ1v) is 9.14. The molecule has 0 saturated heterocycles. The number of amides is 1. The molecular formula is C21H21F2N3O3. The summed E-state index contributed by atoms with van der Waals surface area (Å²) in [5.74, 6) is -0.178. The van der Waals surface area contributed by atoms with Gasteiger partial charge in [-0.1, -0.05) is 24.3 Å². The van der Waals surface area contributed by atoms with E-state index in [-0.39, 0.29) is 36.2 Å². The number of aromatic nitrogens is 2. The second-order valence-electron chi connectivity index (χ2n) is 6.70. The summed E-state index contributed by atoms with van der Waals surface area (Å²) in [4.78, 5) is 29.2. The molecule has 0 radical (unpaired) electrons. The number of ether oxygens (including phenoxy) is 1. The highest BCUT2D eigenvalue weighted by molar-refractivity contribution is 5.80. The molecule has 0 spiro atoms. The molecule has 3 rings (SSSR count). The summed E-state index contributed by atoms with van der Waals surface area (Å²) in [5, 5.41) is 3.35. The SMILES string of the molecule is Cc1cccc2c(=O)n(CCC(=O)NC(C)c3ccc(OC(F)F)cc3)cnc12. The zero-order valence-electron chi connectivity index (χ0n) is 16.1. The van der Waals surface area contributed by atoms with Crippen LogP contribution in [0.2, 0.25) is 0 Å². The summed E-state index contributed by atoms with van der Waals surface area (Å²) in [6, 6.07) is 11.2. The topological polar surface area (TPSA) is 73.2 Å². The first-order valence-electron chi connectivity index (χ1n) is 9.14. The van der Waals surface area contributed by atoms with E-state index in [0.29, 0.717) is 10.9 Å². The highest BCUT2D eigenvalue weighted by atomic mass is 19.3. The van der Waals surface area contributed by atoms with Gasteiger partial charge < -0.3 is 10.1 Å². The van der Waals surface area contributed by atoms with E-state index in [1.54, 1.807) is 31.2 Å². The van der Waals surface area contributed by atoms with Crippen LogP contribution in [0.3, 0.4) is 0 Å². The summed E-state index contributed by atoms with van der Waals surface area (Å²) in [6.07, 6.45) is 1.56. The van der Waals surface area contributed by atoms with E-state index in [1.807, 2.05) is 13.0 Å². The molecule has 2 aromatic carbocycles. The maximum Gasteiger partial charge on any atom is 0.387 e. The molecule has 8 heteroatoms. The number of alkyl halides is 2.